The minimum atomic E-state index is -3.68. The number of nitrogens with one attached hydrogen (secondary N) is 1. The molecule has 0 bridgehead atoms. The lowest BCUT2D eigenvalue weighted by Crippen LogP contribution is -2.25. The monoisotopic (exact) mass is 379 g/mol. The highest BCUT2D eigenvalue weighted by atomic mass is 32.2. The van der Waals surface area contributed by atoms with Gasteiger partial charge in [-0.1, -0.05) is 29.5 Å². The fourth-order valence-electron chi connectivity index (χ4n) is 2.61. The van der Waals surface area contributed by atoms with Gasteiger partial charge in [0.05, 0.1) is 11.4 Å². The molecule has 1 N–H and O–H groups in total. The van der Waals surface area contributed by atoms with Gasteiger partial charge in [0.2, 0.25) is 10.0 Å². The third-order valence-electron chi connectivity index (χ3n) is 3.54. The van der Waals surface area contributed by atoms with Gasteiger partial charge in [-0.25, -0.2) is 17.2 Å². The fraction of sp³-hybridized carbons (Fsp3) is 0.263. The Morgan fingerprint density at radius 1 is 1.04 bits per heavy atom. The number of aryl methyl sites for hydroxylation is 3. The van der Waals surface area contributed by atoms with Crippen LogP contribution in [0.4, 0.5) is 8.78 Å². The molecule has 0 spiro atoms. The SMILES string of the molecule is Cc1cc(C)c(S(=O)(=O)NCC#CCOc2ccc(F)cc2F)c(C)c1. The molecule has 0 fully saturated rings. The Kier molecular flexibility index (Phi) is 6.35. The van der Waals surface area contributed by atoms with Gasteiger partial charge < -0.3 is 4.74 Å². The maximum absolute atomic E-state index is 13.4. The predicted molar refractivity (Wildman–Crippen MR) is 95.5 cm³/mol. The lowest BCUT2D eigenvalue weighted by molar-refractivity contribution is 0.346. The number of halogens is 2. The van der Waals surface area contributed by atoms with Gasteiger partial charge in [0, 0.05) is 6.07 Å². The second-order valence-corrected chi connectivity index (χ2v) is 7.47. The molecule has 0 radical (unpaired) electrons. The number of hydrogen-bond donors (Lipinski definition) is 1. The summed E-state index contributed by atoms with van der Waals surface area (Å²) in [7, 11) is -3.68. The summed E-state index contributed by atoms with van der Waals surface area (Å²) in [5.74, 6) is 3.54. The Balaban J connectivity index is 1.95. The Morgan fingerprint density at radius 3 is 2.31 bits per heavy atom. The highest BCUT2D eigenvalue weighted by Crippen LogP contribution is 2.21. The third-order valence-corrected chi connectivity index (χ3v) is 5.25. The summed E-state index contributed by atoms with van der Waals surface area (Å²) in [5, 5.41) is 0. The van der Waals surface area contributed by atoms with Crippen LogP contribution in [0.2, 0.25) is 0 Å². The first kappa shape index (κ1) is 19.9. The van der Waals surface area contributed by atoms with E-state index in [0.717, 1.165) is 17.7 Å². The van der Waals surface area contributed by atoms with Crippen LogP contribution in [0.5, 0.6) is 5.75 Å². The Morgan fingerprint density at radius 2 is 1.69 bits per heavy atom. The van der Waals surface area contributed by atoms with Crippen molar-refractivity contribution in [1.29, 1.82) is 0 Å². The summed E-state index contributed by atoms with van der Waals surface area (Å²) in [6, 6.07) is 6.56. The zero-order chi connectivity index (χ0) is 19.3. The molecule has 0 saturated heterocycles. The quantitative estimate of drug-likeness (QED) is 0.812. The molecule has 2 aromatic carbocycles. The summed E-state index contributed by atoms with van der Waals surface area (Å²) in [6.45, 7) is 5.13. The Labute approximate surface area is 152 Å². The molecular weight excluding hydrogens is 360 g/mol. The van der Waals surface area contributed by atoms with E-state index >= 15 is 0 Å². The first-order chi connectivity index (χ1) is 12.2. The molecule has 138 valence electrons. The van der Waals surface area contributed by atoms with E-state index in [9.17, 15) is 17.2 Å². The second kappa shape index (κ2) is 8.30. The van der Waals surface area contributed by atoms with Crippen LogP contribution in [0.15, 0.2) is 35.2 Å². The summed E-state index contributed by atoms with van der Waals surface area (Å²) in [5.41, 5.74) is 2.32. The summed E-state index contributed by atoms with van der Waals surface area (Å²) in [4.78, 5) is 0.245. The molecule has 7 heteroatoms. The maximum atomic E-state index is 13.4. The molecule has 0 amide bonds. The minimum absolute atomic E-state index is 0.107. The van der Waals surface area contributed by atoms with Crippen molar-refractivity contribution < 1.29 is 21.9 Å². The van der Waals surface area contributed by atoms with Crippen molar-refractivity contribution in [3.8, 4) is 17.6 Å². The van der Waals surface area contributed by atoms with Crippen LogP contribution in [-0.4, -0.2) is 21.6 Å². The Hall–Kier alpha value is -2.43. The summed E-state index contributed by atoms with van der Waals surface area (Å²) in [6.07, 6.45) is 0. The lowest BCUT2D eigenvalue weighted by Gasteiger charge is -2.11. The number of rotatable bonds is 5. The molecule has 4 nitrogen and oxygen atoms in total. The molecule has 0 unspecified atom stereocenters. The van der Waals surface area contributed by atoms with E-state index in [1.165, 1.54) is 0 Å². The maximum Gasteiger partial charge on any atom is 0.241 e. The van der Waals surface area contributed by atoms with Crippen molar-refractivity contribution in [2.24, 2.45) is 0 Å². The molecule has 26 heavy (non-hydrogen) atoms. The van der Waals surface area contributed by atoms with Crippen molar-refractivity contribution in [1.82, 2.24) is 4.72 Å². The van der Waals surface area contributed by atoms with Crippen molar-refractivity contribution in [3.05, 3.63) is 58.7 Å². The van der Waals surface area contributed by atoms with Gasteiger partial charge in [0.1, 0.15) is 12.4 Å². The van der Waals surface area contributed by atoms with E-state index < -0.39 is 21.7 Å². The van der Waals surface area contributed by atoms with Crippen molar-refractivity contribution in [2.75, 3.05) is 13.2 Å². The van der Waals surface area contributed by atoms with Crippen LogP contribution in [-0.2, 0) is 10.0 Å². The molecule has 2 rings (SSSR count). The number of ether oxygens (including phenoxy) is 1. The highest BCUT2D eigenvalue weighted by molar-refractivity contribution is 7.89. The van der Waals surface area contributed by atoms with Crippen LogP contribution in [0.25, 0.3) is 0 Å². The molecule has 0 atom stereocenters. The van der Waals surface area contributed by atoms with Gasteiger partial charge in [-0.2, -0.15) is 4.72 Å². The third kappa shape index (κ3) is 5.04. The molecule has 0 heterocycles. The van der Waals surface area contributed by atoms with Gasteiger partial charge in [0.25, 0.3) is 0 Å². The van der Waals surface area contributed by atoms with Crippen LogP contribution < -0.4 is 9.46 Å². The van der Waals surface area contributed by atoms with E-state index in [0.29, 0.717) is 17.2 Å². The first-order valence-electron chi connectivity index (χ1n) is 7.82. The fourth-order valence-corrected chi connectivity index (χ4v) is 3.99. The Bertz CT molecular complexity index is 953. The summed E-state index contributed by atoms with van der Waals surface area (Å²) < 4.78 is 58.5. The van der Waals surface area contributed by atoms with Gasteiger partial charge in [-0.3, -0.25) is 0 Å². The van der Waals surface area contributed by atoms with Crippen molar-refractivity contribution >= 4 is 10.0 Å². The van der Waals surface area contributed by atoms with Gasteiger partial charge in [0.15, 0.2) is 11.6 Å². The topological polar surface area (TPSA) is 55.4 Å². The van der Waals surface area contributed by atoms with Crippen molar-refractivity contribution in [3.63, 3.8) is 0 Å². The van der Waals surface area contributed by atoms with E-state index in [2.05, 4.69) is 16.6 Å². The molecule has 0 saturated carbocycles. The van der Waals surface area contributed by atoms with E-state index in [1.807, 2.05) is 6.92 Å². The normalized spacial score (nSPS) is 11.0. The average molecular weight is 379 g/mol. The number of hydrogen-bond acceptors (Lipinski definition) is 3. The largest absolute Gasteiger partial charge is 0.478 e. The van der Waals surface area contributed by atoms with Crippen LogP contribution in [0.1, 0.15) is 16.7 Å². The van der Waals surface area contributed by atoms with Gasteiger partial charge in [-0.05, 0) is 44.0 Å². The van der Waals surface area contributed by atoms with E-state index in [1.54, 1.807) is 26.0 Å². The molecule has 0 aliphatic heterocycles. The van der Waals surface area contributed by atoms with Crippen molar-refractivity contribution in [2.45, 2.75) is 25.7 Å². The zero-order valence-electron chi connectivity index (χ0n) is 14.7. The number of benzene rings is 2. The standard InChI is InChI=1S/C19H19F2NO3S/c1-13-10-14(2)19(15(3)11-13)26(23,24)22-8-4-5-9-25-18-7-6-16(20)12-17(18)21/h6-7,10-12,22H,8-9H2,1-3H3. The predicted octanol–water partition coefficient (Wildman–Crippen LogP) is 3.25. The van der Waals surface area contributed by atoms with Gasteiger partial charge in [-0.15, -0.1) is 0 Å². The van der Waals surface area contributed by atoms with Crippen LogP contribution in [0, 0.1) is 44.2 Å². The average Bonchev–Trinajstić information content (AvgIpc) is 2.51. The van der Waals surface area contributed by atoms with Crippen LogP contribution in [0.3, 0.4) is 0 Å². The van der Waals surface area contributed by atoms with Gasteiger partial charge >= 0.3 is 0 Å². The van der Waals surface area contributed by atoms with E-state index in [4.69, 9.17) is 4.74 Å². The van der Waals surface area contributed by atoms with Crippen LogP contribution >= 0.6 is 0 Å². The first-order valence-corrected chi connectivity index (χ1v) is 9.30. The van der Waals surface area contributed by atoms with E-state index in [-0.39, 0.29) is 23.8 Å². The molecule has 0 aliphatic rings. The summed E-state index contributed by atoms with van der Waals surface area (Å²) >= 11 is 0. The smallest absolute Gasteiger partial charge is 0.241 e. The number of sulfonamides is 1. The molecular formula is C19H19F2NO3S. The molecule has 2 aromatic rings. The molecule has 0 aliphatic carbocycles. The zero-order valence-corrected chi connectivity index (χ0v) is 15.5. The molecule has 0 aromatic heterocycles. The lowest BCUT2D eigenvalue weighted by atomic mass is 10.1. The second-order valence-electron chi connectivity index (χ2n) is 5.77. The minimum Gasteiger partial charge on any atom is -0.478 e. The highest BCUT2D eigenvalue weighted by Gasteiger charge is 2.18.